The minimum atomic E-state index is -0.815. The normalized spacial score (nSPS) is 22.4. The fourth-order valence-electron chi connectivity index (χ4n) is 2.55. The Balaban J connectivity index is 2.23. The average Bonchev–Trinajstić information content (AvgIpc) is 2.41. The van der Waals surface area contributed by atoms with E-state index in [0.29, 0.717) is 32.7 Å². The van der Waals surface area contributed by atoms with E-state index in [9.17, 15) is 9.59 Å². The molecular weight excluding hydrogens is 272 g/mol. The summed E-state index contributed by atoms with van der Waals surface area (Å²) in [7, 11) is 0. The molecule has 122 valence electrons. The molecule has 2 atom stereocenters. The molecule has 1 saturated heterocycles. The van der Waals surface area contributed by atoms with Crippen molar-refractivity contribution < 1.29 is 19.4 Å². The van der Waals surface area contributed by atoms with Crippen molar-refractivity contribution >= 4 is 12.0 Å². The Morgan fingerprint density at radius 2 is 2.05 bits per heavy atom. The molecule has 1 fully saturated rings. The predicted octanol–water partition coefficient (Wildman–Crippen LogP) is 1.94. The number of nitrogens with one attached hydrogen (secondary N) is 1. The third kappa shape index (κ3) is 6.80. The summed E-state index contributed by atoms with van der Waals surface area (Å²) in [6.07, 6.45) is 2.66. The highest BCUT2D eigenvalue weighted by Gasteiger charge is 2.31. The molecular formula is C15H28N2O4. The highest BCUT2D eigenvalue weighted by atomic mass is 16.5. The summed E-state index contributed by atoms with van der Waals surface area (Å²) in [6, 6.07) is -0.155. The van der Waals surface area contributed by atoms with Gasteiger partial charge in [0.05, 0.1) is 12.0 Å². The SMILES string of the molecule is CC1CC(C(=O)O)CN(C(=O)NCCCCOC(C)C)C1. The topological polar surface area (TPSA) is 78.9 Å². The lowest BCUT2D eigenvalue weighted by molar-refractivity contribution is -0.143. The summed E-state index contributed by atoms with van der Waals surface area (Å²) in [5.74, 6) is -1.03. The van der Waals surface area contributed by atoms with Crippen LogP contribution in [0, 0.1) is 11.8 Å². The molecule has 0 spiro atoms. The number of urea groups is 1. The Labute approximate surface area is 126 Å². The monoisotopic (exact) mass is 300 g/mol. The number of carbonyl (C=O) groups excluding carboxylic acids is 1. The molecule has 0 aromatic rings. The predicted molar refractivity (Wildman–Crippen MR) is 80.2 cm³/mol. The Hall–Kier alpha value is -1.30. The van der Waals surface area contributed by atoms with E-state index in [0.717, 1.165) is 12.8 Å². The summed E-state index contributed by atoms with van der Waals surface area (Å²) in [5, 5.41) is 12.0. The second-order valence-corrected chi connectivity index (χ2v) is 6.14. The van der Waals surface area contributed by atoms with Gasteiger partial charge in [-0.15, -0.1) is 0 Å². The zero-order valence-electron chi connectivity index (χ0n) is 13.3. The van der Waals surface area contributed by atoms with Crippen molar-refractivity contribution in [1.29, 1.82) is 0 Å². The van der Waals surface area contributed by atoms with E-state index in [1.807, 2.05) is 20.8 Å². The Kier molecular flexibility index (Phi) is 7.50. The van der Waals surface area contributed by atoms with Crippen LogP contribution in [0.2, 0.25) is 0 Å². The molecule has 6 nitrogen and oxygen atoms in total. The molecule has 0 aromatic heterocycles. The number of rotatable bonds is 7. The van der Waals surface area contributed by atoms with Crippen LogP contribution in [-0.2, 0) is 9.53 Å². The molecule has 1 aliphatic rings. The number of hydrogen-bond acceptors (Lipinski definition) is 3. The number of hydrogen-bond donors (Lipinski definition) is 2. The largest absolute Gasteiger partial charge is 0.481 e. The quantitative estimate of drug-likeness (QED) is 0.704. The zero-order chi connectivity index (χ0) is 15.8. The van der Waals surface area contributed by atoms with Crippen molar-refractivity contribution in [2.24, 2.45) is 11.8 Å². The van der Waals surface area contributed by atoms with Crippen molar-refractivity contribution in [2.45, 2.75) is 46.1 Å². The number of ether oxygens (including phenoxy) is 1. The van der Waals surface area contributed by atoms with Gasteiger partial charge in [0.2, 0.25) is 0 Å². The van der Waals surface area contributed by atoms with Crippen LogP contribution in [0.1, 0.15) is 40.0 Å². The Bertz CT molecular complexity index is 347. The molecule has 0 bridgehead atoms. The first-order chi connectivity index (χ1) is 9.90. The number of piperidine rings is 1. The van der Waals surface area contributed by atoms with E-state index >= 15 is 0 Å². The smallest absolute Gasteiger partial charge is 0.317 e. The molecule has 2 N–H and O–H groups in total. The molecule has 0 radical (unpaired) electrons. The van der Waals surface area contributed by atoms with Crippen LogP contribution in [0.5, 0.6) is 0 Å². The minimum Gasteiger partial charge on any atom is -0.481 e. The van der Waals surface area contributed by atoms with E-state index in [2.05, 4.69) is 5.32 Å². The van der Waals surface area contributed by atoms with E-state index < -0.39 is 11.9 Å². The van der Waals surface area contributed by atoms with Crippen LogP contribution in [0.3, 0.4) is 0 Å². The summed E-state index contributed by atoms with van der Waals surface area (Å²) in [4.78, 5) is 24.7. The third-order valence-electron chi connectivity index (χ3n) is 3.59. The van der Waals surface area contributed by atoms with Gasteiger partial charge in [-0.25, -0.2) is 4.79 Å². The van der Waals surface area contributed by atoms with Crippen molar-refractivity contribution in [3.05, 3.63) is 0 Å². The van der Waals surface area contributed by atoms with Gasteiger partial charge in [-0.2, -0.15) is 0 Å². The first-order valence-electron chi connectivity index (χ1n) is 7.77. The lowest BCUT2D eigenvalue weighted by Crippen LogP contribution is -2.49. The van der Waals surface area contributed by atoms with E-state index in [1.54, 1.807) is 4.90 Å². The highest BCUT2D eigenvalue weighted by Crippen LogP contribution is 2.21. The Morgan fingerprint density at radius 3 is 2.67 bits per heavy atom. The number of nitrogens with zero attached hydrogens (tertiary/aromatic N) is 1. The number of amides is 2. The van der Waals surface area contributed by atoms with Gasteiger partial charge in [-0.05, 0) is 39.0 Å². The van der Waals surface area contributed by atoms with Crippen LogP contribution < -0.4 is 5.32 Å². The van der Waals surface area contributed by atoms with E-state index in [1.165, 1.54) is 0 Å². The lowest BCUT2D eigenvalue weighted by Gasteiger charge is -2.34. The standard InChI is InChI=1S/C15H28N2O4/c1-11(2)21-7-5-4-6-16-15(20)17-9-12(3)8-13(10-17)14(18)19/h11-13H,4-10H2,1-3H3,(H,16,20)(H,18,19). The number of carboxylic acid groups (broad SMARTS) is 1. The van der Waals surface area contributed by atoms with Crippen LogP contribution in [0.4, 0.5) is 4.79 Å². The van der Waals surface area contributed by atoms with Crippen molar-refractivity contribution in [2.75, 3.05) is 26.2 Å². The molecule has 0 aromatic carbocycles. The molecule has 0 saturated carbocycles. The molecule has 21 heavy (non-hydrogen) atoms. The van der Waals surface area contributed by atoms with Crippen LogP contribution >= 0.6 is 0 Å². The molecule has 1 heterocycles. The van der Waals surface area contributed by atoms with E-state index in [4.69, 9.17) is 9.84 Å². The Morgan fingerprint density at radius 1 is 1.33 bits per heavy atom. The molecule has 2 amide bonds. The van der Waals surface area contributed by atoms with Crippen molar-refractivity contribution in [3.8, 4) is 0 Å². The number of carbonyl (C=O) groups is 2. The number of carboxylic acids is 1. The van der Waals surface area contributed by atoms with Crippen molar-refractivity contribution in [1.82, 2.24) is 10.2 Å². The summed E-state index contributed by atoms with van der Waals surface area (Å²) >= 11 is 0. The third-order valence-corrected chi connectivity index (χ3v) is 3.59. The number of likely N-dealkylation sites (tertiary alicyclic amines) is 1. The number of aliphatic carboxylic acids is 1. The van der Waals surface area contributed by atoms with Gasteiger partial charge in [0.1, 0.15) is 0 Å². The van der Waals surface area contributed by atoms with Gasteiger partial charge in [-0.3, -0.25) is 4.79 Å². The molecule has 6 heteroatoms. The maximum absolute atomic E-state index is 12.0. The summed E-state index contributed by atoms with van der Waals surface area (Å²) in [6.45, 7) is 8.22. The maximum Gasteiger partial charge on any atom is 0.317 e. The lowest BCUT2D eigenvalue weighted by atomic mass is 9.91. The molecule has 1 aliphatic heterocycles. The molecule has 1 rings (SSSR count). The van der Waals surface area contributed by atoms with Gasteiger partial charge in [0.25, 0.3) is 0 Å². The van der Waals surface area contributed by atoms with Gasteiger partial charge in [0.15, 0.2) is 0 Å². The van der Waals surface area contributed by atoms with E-state index in [-0.39, 0.29) is 18.1 Å². The van der Waals surface area contributed by atoms with Gasteiger partial charge < -0.3 is 20.1 Å². The molecule has 0 aliphatic carbocycles. The van der Waals surface area contributed by atoms with Crippen molar-refractivity contribution in [3.63, 3.8) is 0 Å². The zero-order valence-corrected chi connectivity index (χ0v) is 13.3. The second kappa shape index (κ2) is 8.87. The first kappa shape index (κ1) is 17.8. The second-order valence-electron chi connectivity index (χ2n) is 6.14. The van der Waals surface area contributed by atoms with Crippen LogP contribution in [0.15, 0.2) is 0 Å². The van der Waals surface area contributed by atoms with Gasteiger partial charge >= 0.3 is 12.0 Å². The highest BCUT2D eigenvalue weighted by molar-refractivity contribution is 5.76. The van der Waals surface area contributed by atoms with Gasteiger partial charge in [-0.1, -0.05) is 6.92 Å². The minimum absolute atomic E-state index is 0.155. The fourth-order valence-corrected chi connectivity index (χ4v) is 2.55. The molecule has 2 unspecified atom stereocenters. The number of unbranched alkanes of at least 4 members (excludes halogenated alkanes) is 1. The fraction of sp³-hybridized carbons (Fsp3) is 0.867. The maximum atomic E-state index is 12.0. The van der Waals surface area contributed by atoms with Gasteiger partial charge in [0, 0.05) is 26.2 Å². The van der Waals surface area contributed by atoms with Crippen LogP contribution in [-0.4, -0.2) is 54.4 Å². The summed E-state index contributed by atoms with van der Waals surface area (Å²) in [5.41, 5.74) is 0. The summed E-state index contributed by atoms with van der Waals surface area (Å²) < 4.78 is 5.43. The average molecular weight is 300 g/mol. The first-order valence-corrected chi connectivity index (χ1v) is 7.77. The van der Waals surface area contributed by atoms with Crippen LogP contribution in [0.25, 0.3) is 0 Å².